The molecule has 1 aromatic carbocycles. The number of ether oxygens (including phenoxy) is 3. The van der Waals surface area contributed by atoms with Gasteiger partial charge in [-0.3, -0.25) is 4.68 Å². The van der Waals surface area contributed by atoms with Crippen LogP contribution in [0.1, 0.15) is 19.9 Å². The van der Waals surface area contributed by atoms with Crippen LogP contribution in [0.15, 0.2) is 30.2 Å². The lowest BCUT2D eigenvalue weighted by atomic mass is 9.87. The first-order valence-electron chi connectivity index (χ1n) is 8.58. The van der Waals surface area contributed by atoms with Gasteiger partial charge in [0.15, 0.2) is 11.5 Å². The van der Waals surface area contributed by atoms with Crippen LogP contribution in [0.3, 0.4) is 0 Å². The van der Waals surface area contributed by atoms with Crippen molar-refractivity contribution in [1.82, 2.24) is 9.78 Å². The molecule has 0 fully saturated rings. The molecule has 8 heteroatoms. The van der Waals surface area contributed by atoms with Crippen LogP contribution in [0.5, 0.6) is 11.5 Å². The summed E-state index contributed by atoms with van der Waals surface area (Å²) in [5.74, 6) is 1.83. The standard InChI is InChI=1S/C18H22N2O6/c1-9-3-13(10(2)18(26-9)17(23)14(22)7-21)20-6-11-4-15-16(25-8-24-15)5-12(11)19-20/h3-6,10,13-14,17-18,21-23H,7-8H2,1-2H3/t10-,13+,14?,17?,18-/m1/s1. The third kappa shape index (κ3) is 2.80. The molecular weight excluding hydrogens is 340 g/mol. The van der Waals surface area contributed by atoms with Gasteiger partial charge in [0.2, 0.25) is 6.79 Å². The zero-order valence-electron chi connectivity index (χ0n) is 14.6. The van der Waals surface area contributed by atoms with Crippen LogP contribution in [-0.2, 0) is 4.74 Å². The van der Waals surface area contributed by atoms with E-state index >= 15 is 0 Å². The summed E-state index contributed by atoms with van der Waals surface area (Å²) >= 11 is 0. The highest BCUT2D eigenvalue weighted by Gasteiger charge is 2.39. The Labute approximate surface area is 150 Å². The summed E-state index contributed by atoms with van der Waals surface area (Å²) in [5.41, 5.74) is 0.784. The zero-order valence-corrected chi connectivity index (χ0v) is 14.6. The van der Waals surface area contributed by atoms with Crippen LogP contribution >= 0.6 is 0 Å². The Bertz CT molecular complexity index is 807. The van der Waals surface area contributed by atoms with Gasteiger partial charge in [-0.25, -0.2) is 0 Å². The lowest BCUT2D eigenvalue weighted by molar-refractivity contribution is -0.113. The van der Waals surface area contributed by atoms with E-state index in [1.54, 1.807) is 6.92 Å². The van der Waals surface area contributed by atoms with Crippen LogP contribution in [0.2, 0.25) is 0 Å². The number of aliphatic hydroxyl groups excluding tert-OH is 3. The predicted molar refractivity (Wildman–Crippen MR) is 91.8 cm³/mol. The minimum atomic E-state index is -1.26. The zero-order chi connectivity index (χ0) is 18.4. The minimum absolute atomic E-state index is 0.168. The van der Waals surface area contributed by atoms with Gasteiger partial charge in [0.1, 0.15) is 18.3 Å². The molecule has 0 aliphatic carbocycles. The van der Waals surface area contributed by atoms with Gasteiger partial charge in [-0.1, -0.05) is 6.92 Å². The molecule has 2 aliphatic heterocycles. The molecule has 0 bridgehead atoms. The number of aromatic nitrogens is 2. The van der Waals surface area contributed by atoms with Crippen LogP contribution in [0.25, 0.3) is 10.9 Å². The third-order valence-corrected chi connectivity index (χ3v) is 5.02. The van der Waals surface area contributed by atoms with Crippen LogP contribution in [0.4, 0.5) is 0 Å². The van der Waals surface area contributed by atoms with E-state index in [0.29, 0.717) is 17.3 Å². The maximum atomic E-state index is 10.3. The van der Waals surface area contributed by atoms with Gasteiger partial charge in [-0.05, 0) is 19.1 Å². The Kier molecular flexibility index (Phi) is 4.26. The monoisotopic (exact) mass is 362 g/mol. The number of aliphatic hydroxyl groups is 3. The molecule has 3 heterocycles. The lowest BCUT2D eigenvalue weighted by Crippen LogP contribution is -2.47. The molecule has 8 nitrogen and oxygen atoms in total. The number of rotatable bonds is 4. The maximum Gasteiger partial charge on any atom is 0.231 e. The first kappa shape index (κ1) is 17.1. The summed E-state index contributed by atoms with van der Waals surface area (Å²) in [6.45, 7) is 3.40. The van der Waals surface area contributed by atoms with Crippen molar-refractivity contribution in [1.29, 1.82) is 0 Å². The average Bonchev–Trinajstić information content (AvgIpc) is 3.25. The van der Waals surface area contributed by atoms with E-state index in [-0.39, 0.29) is 18.8 Å². The van der Waals surface area contributed by atoms with Gasteiger partial charge in [-0.2, -0.15) is 5.10 Å². The maximum absolute atomic E-state index is 10.3. The van der Waals surface area contributed by atoms with E-state index in [0.717, 1.165) is 10.9 Å². The highest BCUT2D eigenvalue weighted by Crippen LogP contribution is 2.38. The molecule has 2 aromatic rings. The first-order chi connectivity index (χ1) is 12.5. The third-order valence-electron chi connectivity index (χ3n) is 5.02. The largest absolute Gasteiger partial charge is 0.492 e. The van der Waals surface area contributed by atoms with Crippen molar-refractivity contribution in [3.8, 4) is 11.5 Å². The molecule has 0 spiro atoms. The molecule has 2 unspecified atom stereocenters. The fourth-order valence-corrected chi connectivity index (χ4v) is 3.56. The van der Waals surface area contributed by atoms with Gasteiger partial charge < -0.3 is 29.5 Å². The summed E-state index contributed by atoms with van der Waals surface area (Å²) < 4.78 is 18.4. The fraction of sp³-hybridized carbons (Fsp3) is 0.500. The second kappa shape index (κ2) is 6.46. The van der Waals surface area contributed by atoms with Gasteiger partial charge in [0.25, 0.3) is 0 Å². The van der Waals surface area contributed by atoms with Crippen LogP contribution < -0.4 is 9.47 Å². The number of hydrogen-bond acceptors (Lipinski definition) is 7. The van der Waals surface area contributed by atoms with Crippen molar-refractivity contribution < 1.29 is 29.5 Å². The molecule has 2 aliphatic rings. The van der Waals surface area contributed by atoms with E-state index < -0.39 is 24.9 Å². The SMILES string of the molecule is CC1=C[C@H](n2cc3cc4c(cc3n2)OCO4)[C@@H](C)[C@H](C(O)C(O)CO)O1. The van der Waals surface area contributed by atoms with Gasteiger partial charge >= 0.3 is 0 Å². The van der Waals surface area contributed by atoms with Crippen molar-refractivity contribution in [2.45, 2.75) is 38.2 Å². The Hall–Kier alpha value is -2.29. The molecule has 0 saturated carbocycles. The number of hydrogen-bond donors (Lipinski definition) is 3. The summed E-state index contributed by atoms with van der Waals surface area (Å²) in [6, 6.07) is 3.57. The summed E-state index contributed by atoms with van der Waals surface area (Å²) in [7, 11) is 0. The number of fused-ring (bicyclic) bond motifs is 2. The van der Waals surface area contributed by atoms with Crippen molar-refractivity contribution in [2.24, 2.45) is 5.92 Å². The van der Waals surface area contributed by atoms with Crippen LogP contribution in [-0.4, -0.2) is 56.8 Å². The Morgan fingerprint density at radius 2 is 2.00 bits per heavy atom. The second-order valence-corrected chi connectivity index (χ2v) is 6.82. The van der Waals surface area contributed by atoms with E-state index in [4.69, 9.17) is 19.3 Å². The highest BCUT2D eigenvalue weighted by molar-refractivity contribution is 5.82. The quantitative estimate of drug-likeness (QED) is 0.744. The van der Waals surface area contributed by atoms with Crippen molar-refractivity contribution in [3.63, 3.8) is 0 Å². The topological polar surface area (TPSA) is 106 Å². The predicted octanol–water partition coefficient (Wildman–Crippen LogP) is 0.959. The Morgan fingerprint density at radius 1 is 1.27 bits per heavy atom. The molecule has 3 N–H and O–H groups in total. The second-order valence-electron chi connectivity index (χ2n) is 6.82. The molecule has 4 rings (SSSR count). The fourth-order valence-electron chi connectivity index (χ4n) is 3.56. The highest BCUT2D eigenvalue weighted by atomic mass is 16.7. The lowest BCUT2D eigenvalue weighted by Gasteiger charge is -2.38. The number of allylic oxidation sites excluding steroid dienone is 2. The molecule has 140 valence electrons. The summed E-state index contributed by atoms with van der Waals surface area (Å²) in [4.78, 5) is 0. The average molecular weight is 362 g/mol. The Balaban J connectivity index is 1.67. The van der Waals surface area contributed by atoms with E-state index in [1.807, 2.05) is 36.0 Å². The molecule has 0 amide bonds. The number of nitrogens with zero attached hydrogens (tertiary/aromatic N) is 2. The summed E-state index contributed by atoms with van der Waals surface area (Å²) in [6.07, 6.45) is 0.737. The van der Waals surface area contributed by atoms with Crippen molar-refractivity contribution >= 4 is 10.9 Å². The molecule has 5 atom stereocenters. The van der Waals surface area contributed by atoms with Crippen molar-refractivity contribution in [2.75, 3.05) is 13.4 Å². The smallest absolute Gasteiger partial charge is 0.231 e. The van der Waals surface area contributed by atoms with Crippen molar-refractivity contribution in [3.05, 3.63) is 30.2 Å². The molecule has 0 saturated heterocycles. The summed E-state index contributed by atoms with van der Waals surface area (Å²) in [5, 5.41) is 34.8. The van der Waals surface area contributed by atoms with E-state index in [1.165, 1.54) is 0 Å². The van der Waals surface area contributed by atoms with Gasteiger partial charge in [0.05, 0.1) is 23.9 Å². The normalized spacial score (nSPS) is 27.1. The minimum Gasteiger partial charge on any atom is -0.492 e. The first-order valence-corrected chi connectivity index (χ1v) is 8.58. The molecule has 0 radical (unpaired) electrons. The molecule has 1 aromatic heterocycles. The molecule has 26 heavy (non-hydrogen) atoms. The van der Waals surface area contributed by atoms with Gasteiger partial charge in [-0.15, -0.1) is 0 Å². The van der Waals surface area contributed by atoms with Crippen LogP contribution in [0, 0.1) is 5.92 Å². The number of benzene rings is 1. The van der Waals surface area contributed by atoms with Gasteiger partial charge in [0, 0.05) is 23.6 Å². The molecular formula is C18H22N2O6. The Morgan fingerprint density at radius 3 is 2.73 bits per heavy atom. The van der Waals surface area contributed by atoms with E-state index in [2.05, 4.69) is 5.10 Å². The van der Waals surface area contributed by atoms with E-state index in [9.17, 15) is 10.2 Å².